The molecule has 0 saturated carbocycles. The highest BCUT2D eigenvalue weighted by Crippen LogP contribution is 2.14. The largest absolute Gasteiger partial charge is 0.356 e. The molecule has 2 amide bonds. The van der Waals surface area contributed by atoms with Crippen molar-refractivity contribution in [3.05, 3.63) is 70.4 Å². The van der Waals surface area contributed by atoms with E-state index in [1.54, 1.807) is 30.3 Å². The van der Waals surface area contributed by atoms with Crippen LogP contribution in [0.5, 0.6) is 0 Å². The summed E-state index contributed by atoms with van der Waals surface area (Å²) in [7, 11) is 0. The Bertz CT molecular complexity index is 1110. The minimum Gasteiger partial charge on any atom is -0.356 e. The Morgan fingerprint density at radius 2 is 1.79 bits per heavy atom. The first-order valence-corrected chi connectivity index (χ1v) is 9.29. The molecule has 7 nitrogen and oxygen atoms in total. The average molecular weight is 396 g/mol. The monoisotopic (exact) mass is 396 g/mol. The van der Waals surface area contributed by atoms with Crippen LogP contribution in [0.15, 0.2) is 53.3 Å². The highest BCUT2D eigenvalue weighted by atomic mass is 19.1. The van der Waals surface area contributed by atoms with E-state index in [9.17, 15) is 18.8 Å². The van der Waals surface area contributed by atoms with Crippen molar-refractivity contribution in [1.29, 1.82) is 0 Å². The zero-order valence-electron chi connectivity index (χ0n) is 15.9. The highest BCUT2D eigenvalue weighted by molar-refractivity contribution is 5.91. The summed E-state index contributed by atoms with van der Waals surface area (Å²) in [5, 5.41) is 5.16. The predicted octanol–water partition coefficient (Wildman–Crippen LogP) is 2.24. The van der Waals surface area contributed by atoms with Crippen LogP contribution < -0.4 is 16.2 Å². The molecule has 1 heterocycles. The van der Waals surface area contributed by atoms with Gasteiger partial charge in [0.25, 0.3) is 5.56 Å². The molecule has 0 aliphatic heterocycles. The Labute approximate surface area is 166 Å². The van der Waals surface area contributed by atoms with Gasteiger partial charge >= 0.3 is 0 Å². The predicted molar refractivity (Wildman–Crippen MR) is 108 cm³/mol. The molecular weight excluding hydrogens is 375 g/mol. The molecule has 0 spiro atoms. The first-order valence-electron chi connectivity index (χ1n) is 9.29. The van der Waals surface area contributed by atoms with Gasteiger partial charge in [-0.25, -0.2) is 9.37 Å². The van der Waals surface area contributed by atoms with Gasteiger partial charge in [0.2, 0.25) is 11.8 Å². The minimum absolute atomic E-state index is 0.0420. The number of hydrogen-bond acceptors (Lipinski definition) is 4. The summed E-state index contributed by atoms with van der Waals surface area (Å²) in [5.74, 6) is -1.27. The fourth-order valence-corrected chi connectivity index (χ4v) is 2.98. The van der Waals surface area contributed by atoms with Crippen LogP contribution in [0.25, 0.3) is 11.0 Å². The molecule has 0 aliphatic rings. The van der Waals surface area contributed by atoms with Crippen molar-refractivity contribution in [3.63, 3.8) is 0 Å². The summed E-state index contributed by atoms with van der Waals surface area (Å²) in [5.41, 5.74) is 0.824. The number of nitrogens with one attached hydrogen (secondary N) is 2. The lowest BCUT2D eigenvalue weighted by Gasteiger charge is -2.13. The normalized spacial score (nSPS) is 10.7. The number of aromatic nitrogens is 2. The van der Waals surface area contributed by atoms with Gasteiger partial charge in [0, 0.05) is 19.4 Å². The minimum atomic E-state index is -0.560. The van der Waals surface area contributed by atoms with Gasteiger partial charge in [-0.1, -0.05) is 24.3 Å². The van der Waals surface area contributed by atoms with Crippen molar-refractivity contribution in [2.75, 3.05) is 11.9 Å². The van der Waals surface area contributed by atoms with Gasteiger partial charge in [0.05, 0.1) is 16.7 Å². The van der Waals surface area contributed by atoms with Gasteiger partial charge < -0.3 is 10.6 Å². The SMILES string of the molecule is CCNC(=O)CCc1nc2ccccc2n(CC(=O)Nc2ccccc2F)c1=O. The van der Waals surface area contributed by atoms with Gasteiger partial charge in [-0.2, -0.15) is 0 Å². The summed E-state index contributed by atoms with van der Waals surface area (Å²) >= 11 is 0. The zero-order valence-corrected chi connectivity index (χ0v) is 15.9. The van der Waals surface area contributed by atoms with Crippen molar-refractivity contribution >= 4 is 28.5 Å². The number of halogens is 1. The number of rotatable bonds is 7. The van der Waals surface area contributed by atoms with E-state index in [0.717, 1.165) is 0 Å². The number of carbonyl (C=O) groups excluding carboxylic acids is 2. The smallest absolute Gasteiger partial charge is 0.273 e. The van der Waals surface area contributed by atoms with Crippen LogP contribution in [0, 0.1) is 5.82 Å². The second-order valence-electron chi connectivity index (χ2n) is 6.42. The van der Waals surface area contributed by atoms with Crippen molar-refractivity contribution in [2.45, 2.75) is 26.3 Å². The quantitative estimate of drug-likeness (QED) is 0.641. The van der Waals surface area contributed by atoms with E-state index in [1.165, 1.54) is 22.8 Å². The Morgan fingerprint density at radius 3 is 2.55 bits per heavy atom. The molecule has 0 atom stereocenters. The Morgan fingerprint density at radius 1 is 1.07 bits per heavy atom. The molecule has 150 valence electrons. The van der Waals surface area contributed by atoms with Gasteiger partial charge in [-0.15, -0.1) is 0 Å². The number of carbonyl (C=O) groups is 2. The van der Waals surface area contributed by atoms with E-state index in [2.05, 4.69) is 15.6 Å². The van der Waals surface area contributed by atoms with E-state index < -0.39 is 17.3 Å². The molecule has 8 heteroatoms. The molecule has 0 bridgehead atoms. The molecular formula is C21H21FN4O3. The Balaban J connectivity index is 1.90. The first kappa shape index (κ1) is 20.2. The van der Waals surface area contributed by atoms with Crippen LogP contribution in [-0.2, 0) is 22.6 Å². The molecule has 3 aromatic rings. The molecule has 2 aromatic carbocycles. The maximum Gasteiger partial charge on any atom is 0.273 e. The summed E-state index contributed by atoms with van der Waals surface area (Å²) < 4.78 is 15.1. The number of nitrogens with zero attached hydrogens (tertiary/aromatic N) is 2. The second kappa shape index (κ2) is 9.09. The number of anilines is 1. The second-order valence-corrected chi connectivity index (χ2v) is 6.42. The van der Waals surface area contributed by atoms with E-state index in [0.29, 0.717) is 17.6 Å². The van der Waals surface area contributed by atoms with Gasteiger partial charge in [-0.05, 0) is 31.2 Å². The van der Waals surface area contributed by atoms with E-state index >= 15 is 0 Å². The molecule has 0 aliphatic carbocycles. The topological polar surface area (TPSA) is 93.1 Å². The lowest BCUT2D eigenvalue weighted by atomic mass is 10.2. The molecule has 0 radical (unpaired) electrons. The molecule has 29 heavy (non-hydrogen) atoms. The first-order chi connectivity index (χ1) is 14.0. The Hall–Kier alpha value is -3.55. The molecule has 2 N–H and O–H groups in total. The van der Waals surface area contributed by atoms with Crippen molar-refractivity contribution in [1.82, 2.24) is 14.9 Å². The van der Waals surface area contributed by atoms with Crippen molar-refractivity contribution < 1.29 is 14.0 Å². The number of aryl methyl sites for hydroxylation is 1. The maximum atomic E-state index is 13.8. The van der Waals surface area contributed by atoms with Gasteiger partial charge in [-0.3, -0.25) is 19.0 Å². The fraction of sp³-hybridized carbons (Fsp3) is 0.238. The van der Waals surface area contributed by atoms with E-state index in [-0.39, 0.29) is 36.7 Å². The number of para-hydroxylation sites is 3. The van der Waals surface area contributed by atoms with Crippen LogP contribution in [0.4, 0.5) is 10.1 Å². The third-order valence-corrected chi connectivity index (χ3v) is 4.33. The number of fused-ring (bicyclic) bond motifs is 1. The number of hydrogen-bond donors (Lipinski definition) is 2. The molecule has 3 rings (SSSR count). The molecule has 0 fully saturated rings. The summed E-state index contributed by atoms with van der Waals surface area (Å²) in [6.07, 6.45) is 0.278. The maximum absolute atomic E-state index is 13.8. The molecule has 0 unspecified atom stereocenters. The van der Waals surface area contributed by atoms with Crippen molar-refractivity contribution in [2.24, 2.45) is 0 Å². The zero-order chi connectivity index (χ0) is 20.8. The highest BCUT2D eigenvalue weighted by Gasteiger charge is 2.15. The lowest BCUT2D eigenvalue weighted by Crippen LogP contribution is -2.32. The molecule has 0 saturated heterocycles. The van der Waals surface area contributed by atoms with Crippen LogP contribution in [0.2, 0.25) is 0 Å². The lowest BCUT2D eigenvalue weighted by molar-refractivity contribution is -0.121. The summed E-state index contributed by atoms with van der Waals surface area (Å²) in [6, 6.07) is 12.7. The summed E-state index contributed by atoms with van der Waals surface area (Å²) in [6.45, 7) is 2.02. The van der Waals surface area contributed by atoms with Gasteiger partial charge in [0.15, 0.2) is 0 Å². The Kier molecular flexibility index (Phi) is 6.33. The molecule has 1 aromatic heterocycles. The number of benzene rings is 2. The van der Waals surface area contributed by atoms with Crippen molar-refractivity contribution in [3.8, 4) is 0 Å². The summed E-state index contributed by atoms with van der Waals surface area (Å²) in [4.78, 5) is 41.5. The average Bonchev–Trinajstić information content (AvgIpc) is 2.71. The van der Waals surface area contributed by atoms with Gasteiger partial charge in [0.1, 0.15) is 18.1 Å². The van der Waals surface area contributed by atoms with E-state index in [4.69, 9.17) is 0 Å². The van der Waals surface area contributed by atoms with Crippen LogP contribution in [0.3, 0.4) is 0 Å². The third-order valence-electron chi connectivity index (χ3n) is 4.33. The van der Waals surface area contributed by atoms with E-state index in [1.807, 2.05) is 6.92 Å². The standard InChI is InChI=1S/C21H21FN4O3/c1-2-23-19(27)12-11-17-21(29)26(18-10-6-5-9-16(18)24-17)13-20(28)25-15-8-4-3-7-14(15)22/h3-10H,2,11-13H2,1H3,(H,23,27)(H,25,28). The van der Waals surface area contributed by atoms with Crippen LogP contribution in [0.1, 0.15) is 19.0 Å². The van der Waals surface area contributed by atoms with Crippen LogP contribution in [-0.4, -0.2) is 27.9 Å². The number of amides is 2. The third kappa shape index (κ3) is 4.84. The van der Waals surface area contributed by atoms with Crippen LogP contribution >= 0.6 is 0 Å². The fourth-order valence-electron chi connectivity index (χ4n) is 2.98.